The molecule has 1 N–H and O–H groups in total. The van der Waals surface area contributed by atoms with E-state index < -0.39 is 15.9 Å². The Kier molecular flexibility index (Phi) is 6.74. The molecule has 6 nitrogen and oxygen atoms in total. The normalized spacial score (nSPS) is 12.0. The molecule has 0 aromatic heterocycles. The molecule has 32 heavy (non-hydrogen) atoms. The number of hydrogen-bond acceptors (Lipinski definition) is 5. The molecule has 0 aliphatic carbocycles. The number of benzene rings is 3. The summed E-state index contributed by atoms with van der Waals surface area (Å²) in [5.41, 5.74) is 4.70. The Hall–Kier alpha value is -3.52. The molecule has 3 aromatic carbocycles. The second-order valence-corrected chi connectivity index (χ2v) is 9.63. The van der Waals surface area contributed by atoms with Crippen molar-refractivity contribution in [2.75, 3.05) is 0 Å². The van der Waals surface area contributed by atoms with Crippen LogP contribution in [-0.2, 0) is 15.5 Å². The van der Waals surface area contributed by atoms with Gasteiger partial charge in [-0.15, -0.1) is 0 Å². The molecule has 3 aromatic rings. The highest BCUT2D eigenvalue weighted by Crippen LogP contribution is 2.22. The fourth-order valence-electron chi connectivity index (χ4n) is 2.74. The Morgan fingerprint density at radius 2 is 1.53 bits per heavy atom. The van der Waals surface area contributed by atoms with Crippen LogP contribution in [0.2, 0.25) is 0 Å². The summed E-state index contributed by atoms with van der Waals surface area (Å²) in [6.07, 6.45) is 1.43. The molecule has 1 amide bonds. The number of rotatable bonds is 6. The molecule has 0 unspecified atom stereocenters. The summed E-state index contributed by atoms with van der Waals surface area (Å²) in [6.45, 7) is 6.29. The third kappa shape index (κ3) is 6.01. The average molecular weight is 455 g/mol. The summed E-state index contributed by atoms with van der Waals surface area (Å²) in [5, 5.41) is 3.93. The Morgan fingerprint density at radius 3 is 2.09 bits per heavy atom. The lowest BCUT2D eigenvalue weighted by atomic mass is 9.87. The Bertz CT molecular complexity index is 1210. The maximum atomic E-state index is 13.0. The SMILES string of the molecule is CC(C)(C)c1ccc(C(=O)N/N=C\c2ccc(OS(=O)(=O)c3ccc(F)cc3)cc2)cc1. The minimum Gasteiger partial charge on any atom is -0.379 e. The Balaban J connectivity index is 1.59. The van der Waals surface area contributed by atoms with Crippen molar-refractivity contribution in [1.29, 1.82) is 0 Å². The molecule has 0 heterocycles. The van der Waals surface area contributed by atoms with Gasteiger partial charge in [-0.1, -0.05) is 32.9 Å². The molecule has 0 saturated carbocycles. The molecule has 0 bridgehead atoms. The van der Waals surface area contributed by atoms with Crippen LogP contribution < -0.4 is 9.61 Å². The van der Waals surface area contributed by atoms with Gasteiger partial charge in [0.05, 0.1) is 6.21 Å². The number of amides is 1. The molecular formula is C24H23FN2O4S. The van der Waals surface area contributed by atoms with Crippen LogP contribution >= 0.6 is 0 Å². The number of nitrogens with one attached hydrogen (secondary N) is 1. The van der Waals surface area contributed by atoms with Gasteiger partial charge in [-0.05, 0) is 77.2 Å². The van der Waals surface area contributed by atoms with E-state index in [-0.39, 0.29) is 22.0 Å². The molecule has 0 spiro atoms. The van der Waals surface area contributed by atoms with Crippen molar-refractivity contribution in [2.24, 2.45) is 5.10 Å². The van der Waals surface area contributed by atoms with E-state index in [1.807, 2.05) is 12.1 Å². The zero-order valence-corrected chi connectivity index (χ0v) is 18.7. The first-order valence-corrected chi connectivity index (χ1v) is 11.2. The number of nitrogens with zero attached hydrogens (tertiary/aromatic N) is 1. The number of carbonyl (C=O) groups is 1. The highest BCUT2D eigenvalue weighted by molar-refractivity contribution is 7.87. The van der Waals surface area contributed by atoms with Crippen LogP contribution in [-0.4, -0.2) is 20.5 Å². The highest BCUT2D eigenvalue weighted by atomic mass is 32.2. The van der Waals surface area contributed by atoms with Gasteiger partial charge >= 0.3 is 10.1 Å². The fourth-order valence-corrected chi connectivity index (χ4v) is 3.67. The van der Waals surface area contributed by atoms with Crippen molar-refractivity contribution >= 4 is 22.2 Å². The second-order valence-electron chi connectivity index (χ2n) is 8.09. The Morgan fingerprint density at radius 1 is 0.938 bits per heavy atom. The predicted molar refractivity (Wildman–Crippen MR) is 121 cm³/mol. The summed E-state index contributed by atoms with van der Waals surface area (Å²) in [5.74, 6) is -0.789. The third-order valence-electron chi connectivity index (χ3n) is 4.58. The van der Waals surface area contributed by atoms with Crippen LogP contribution in [0, 0.1) is 5.82 Å². The van der Waals surface area contributed by atoms with Crippen LogP contribution in [0.5, 0.6) is 5.75 Å². The van der Waals surface area contributed by atoms with Crippen LogP contribution in [0.3, 0.4) is 0 Å². The fraction of sp³-hybridized carbons (Fsp3) is 0.167. The van der Waals surface area contributed by atoms with Crippen molar-refractivity contribution in [3.8, 4) is 5.75 Å². The van der Waals surface area contributed by atoms with Crippen LogP contribution in [0.15, 0.2) is 82.8 Å². The van der Waals surface area contributed by atoms with Crippen LogP contribution in [0.4, 0.5) is 4.39 Å². The standard InChI is InChI=1S/C24H23FN2O4S/c1-24(2,3)19-8-6-18(7-9-19)23(28)27-26-16-17-4-12-21(13-5-17)31-32(29,30)22-14-10-20(25)11-15-22/h4-16H,1-3H3,(H,27,28)/b26-16-. The summed E-state index contributed by atoms with van der Waals surface area (Å²) in [7, 11) is -4.07. The van der Waals surface area contributed by atoms with Crippen LogP contribution in [0.1, 0.15) is 42.3 Å². The molecular weight excluding hydrogens is 431 g/mol. The van der Waals surface area contributed by atoms with E-state index in [0.717, 1.165) is 29.8 Å². The third-order valence-corrected chi connectivity index (χ3v) is 5.84. The quantitative estimate of drug-likeness (QED) is 0.334. The molecule has 0 atom stereocenters. The minimum atomic E-state index is -4.07. The molecule has 3 rings (SSSR count). The average Bonchev–Trinajstić information content (AvgIpc) is 2.74. The minimum absolute atomic E-state index is 0.00137. The van der Waals surface area contributed by atoms with E-state index in [0.29, 0.717) is 11.1 Å². The first-order valence-electron chi connectivity index (χ1n) is 9.79. The lowest BCUT2D eigenvalue weighted by Gasteiger charge is -2.18. The molecule has 166 valence electrons. The largest absolute Gasteiger partial charge is 0.379 e. The summed E-state index contributed by atoms with van der Waals surface area (Å²) < 4.78 is 42.5. The maximum Gasteiger partial charge on any atom is 0.339 e. The van der Waals surface area contributed by atoms with Gasteiger partial charge in [0.1, 0.15) is 16.5 Å². The lowest BCUT2D eigenvalue weighted by Crippen LogP contribution is -2.18. The van der Waals surface area contributed by atoms with Crippen molar-refractivity contribution in [1.82, 2.24) is 5.43 Å². The molecule has 0 saturated heterocycles. The van der Waals surface area contributed by atoms with E-state index >= 15 is 0 Å². The molecule has 0 radical (unpaired) electrons. The summed E-state index contributed by atoms with van der Waals surface area (Å²) in [6, 6.07) is 17.8. The summed E-state index contributed by atoms with van der Waals surface area (Å²) >= 11 is 0. The van der Waals surface area contributed by atoms with E-state index in [2.05, 4.69) is 31.3 Å². The van der Waals surface area contributed by atoms with Gasteiger partial charge in [-0.25, -0.2) is 9.82 Å². The maximum absolute atomic E-state index is 13.0. The van der Waals surface area contributed by atoms with Gasteiger partial charge in [0.25, 0.3) is 5.91 Å². The van der Waals surface area contributed by atoms with Gasteiger partial charge in [0.2, 0.25) is 0 Å². The van der Waals surface area contributed by atoms with E-state index in [1.165, 1.54) is 18.3 Å². The van der Waals surface area contributed by atoms with Gasteiger partial charge < -0.3 is 4.18 Å². The van der Waals surface area contributed by atoms with Crippen molar-refractivity contribution in [3.63, 3.8) is 0 Å². The van der Waals surface area contributed by atoms with E-state index in [4.69, 9.17) is 4.18 Å². The number of carbonyl (C=O) groups excluding carboxylic acids is 1. The van der Waals surface area contributed by atoms with E-state index in [1.54, 1.807) is 24.3 Å². The molecule has 0 aliphatic rings. The van der Waals surface area contributed by atoms with Gasteiger partial charge in [-0.3, -0.25) is 4.79 Å². The van der Waals surface area contributed by atoms with Crippen molar-refractivity contribution in [2.45, 2.75) is 31.1 Å². The number of hydrogen-bond donors (Lipinski definition) is 1. The van der Waals surface area contributed by atoms with Crippen molar-refractivity contribution < 1.29 is 21.8 Å². The van der Waals surface area contributed by atoms with Crippen LogP contribution in [0.25, 0.3) is 0 Å². The van der Waals surface area contributed by atoms with Crippen molar-refractivity contribution in [3.05, 3.63) is 95.3 Å². The second kappa shape index (κ2) is 9.32. The molecule has 0 aliphatic heterocycles. The number of hydrazone groups is 1. The summed E-state index contributed by atoms with van der Waals surface area (Å²) in [4.78, 5) is 12.1. The van der Waals surface area contributed by atoms with Gasteiger partial charge in [-0.2, -0.15) is 13.5 Å². The highest BCUT2D eigenvalue weighted by Gasteiger charge is 2.17. The Labute approximate surface area is 186 Å². The van der Waals surface area contributed by atoms with Gasteiger partial charge in [0, 0.05) is 5.56 Å². The predicted octanol–water partition coefficient (Wildman–Crippen LogP) is 4.65. The monoisotopic (exact) mass is 454 g/mol. The molecule has 0 fully saturated rings. The van der Waals surface area contributed by atoms with E-state index in [9.17, 15) is 17.6 Å². The first-order chi connectivity index (χ1) is 15.0. The molecule has 8 heteroatoms. The lowest BCUT2D eigenvalue weighted by molar-refractivity contribution is 0.0955. The first kappa shape index (κ1) is 23.1. The topological polar surface area (TPSA) is 84.8 Å². The zero-order valence-electron chi connectivity index (χ0n) is 17.9. The number of halogens is 1. The smallest absolute Gasteiger partial charge is 0.339 e. The van der Waals surface area contributed by atoms with Gasteiger partial charge in [0.15, 0.2) is 0 Å². The zero-order chi connectivity index (χ0) is 23.4.